The molecule has 0 aliphatic heterocycles. The number of nitrogens with two attached hydrogens (primary N) is 1. The number of ether oxygens (including phenoxy) is 1. The van der Waals surface area contributed by atoms with Crippen molar-refractivity contribution in [3.8, 4) is 0 Å². The van der Waals surface area contributed by atoms with Gasteiger partial charge < -0.3 is 10.5 Å². The second kappa shape index (κ2) is 5.76. The fourth-order valence-electron chi connectivity index (χ4n) is 1.72. The minimum atomic E-state index is -0.354. The summed E-state index contributed by atoms with van der Waals surface area (Å²) >= 11 is 5.79. The van der Waals surface area contributed by atoms with Crippen LogP contribution < -0.4 is 5.73 Å². The molecule has 0 spiro atoms. The van der Waals surface area contributed by atoms with Crippen LogP contribution in [0, 0.1) is 6.92 Å². The van der Waals surface area contributed by atoms with Gasteiger partial charge in [0.05, 0.1) is 5.56 Å². The molecule has 0 aliphatic rings. The molecular formula is C15H14ClNO2. The Balaban J connectivity index is 2.03. The third kappa shape index (κ3) is 3.48. The van der Waals surface area contributed by atoms with Gasteiger partial charge in [0.1, 0.15) is 6.61 Å². The number of esters is 1. The summed E-state index contributed by atoms with van der Waals surface area (Å²) < 4.78 is 5.25. The maximum absolute atomic E-state index is 11.9. The normalized spacial score (nSPS) is 10.2. The lowest BCUT2D eigenvalue weighted by atomic mass is 10.1. The van der Waals surface area contributed by atoms with E-state index in [0.29, 0.717) is 16.3 Å². The smallest absolute Gasteiger partial charge is 0.338 e. The van der Waals surface area contributed by atoms with Crippen LogP contribution in [0.2, 0.25) is 5.02 Å². The van der Waals surface area contributed by atoms with Crippen molar-refractivity contribution in [1.29, 1.82) is 0 Å². The van der Waals surface area contributed by atoms with E-state index in [1.54, 1.807) is 30.3 Å². The summed E-state index contributed by atoms with van der Waals surface area (Å²) in [6.07, 6.45) is 0. The number of halogens is 1. The van der Waals surface area contributed by atoms with Gasteiger partial charge in [0.15, 0.2) is 0 Å². The largest absolute Gasteiger partial charge is 0.457 e. The summed E-state index contributed by atoms with van der Waals surface area (Å²) in [4.78, 5) is 11.9. The molecule has 19 heavy (non-hydrogen) atoms. The Bertz CT molecular complexity index is 594. The van der Waals surface area contributed by atoms with Crippen molar-refractivity contribution in [1.82, 2.24) is 0 Å². The first-order valence-corrected chi connectivity index (χ1v) is 6.22. The highest BCUT2D eigenvalue weighted by molar-refractivity contribution is 6.30. The van der Waals surface area contributed by atoms with Crippen molar-refractivity contribution < 1.29 is 9.53 Å². The Kier molecular flexibility index (Phi) is 4.07. The predicted octanol–water partition coefficient (Wildman–Crippen LogP) is 3.59. The molecule has 3 nitrogen and oxygen atoms in total. The summed E-state index contributed by atoms with van der Waals surface area (Å²) in [6.45, 7) is 2.05. The Morgan fingerprint density at radius 3 is 2.53 bits per heavy atom. The van der Waals surface area contributed by atoms with E-state index in [1.807, 2.05) is 19.1 Å². The zero-order valence-electron chi connectivity index (χ0n) is 10.5. The molecule has 0 bridgehead atoms. The summed E-state index contributed by atoms with van der Waals surface area (Å²) in [7, 11) is 0. The van der Waals surface area contributed by atoms with Crippen LogP contribution in [0.25, 0.3) is 0 Å². The van der Waals surface area contributed by atoms with Gasteiger partial charge >= 0.3 is 5.97 Å². The topological polar surface area (TPSA) is 52.3 Å². The van der Waals surface area contributed by atoms with Crippen molar-refractivity contribution in [2.24, 2.45) is 0 Å². The summed E-state index contributed by atoms with van der Waals surface area (Å²) in [5, 5.41) is 0.657. The average molecular weight is 276 g/mol. The molecule has 0 aliphatic carbocycles. The molecule has 0 unspecified atom stereocenters. The number of aryl methyl sites for hydroxylation is 1. The molecule has 0 aromatic heterocycles. The Morgan fingerprint density at radius 1 is 1.21 bits per heavy atom. The molecule has 0 saturated carbocycles. The minimum absolute atomic E-state index is 0.222. The van der Waals surface area contributed by atoms with Crippen LogP contribution in [0.15, 0.2) is 42.5 Å². The zero-order valence-corrected chi connectivity index (χ0v) is 11.3. The van der Waals surface area contributed by atoms with Gasteiger partial charge in [-0.25, -0.2) is 4.79 Å². The molecule has 98 valence electrons. The van der Waals surface area contributed by atoms with Gasteiger partial charge in [-0.15, -0.1) is 0 Å². The van der Waals surface area contributed by atoms with E-state index >= 15 is 0 Å². The van der Waals surface area contributed by atoms with Gasteiger partial charge in [0.2, 0.25) is 0 Å². The minimum Gasteiger partial charge on any atom is -0.457 e. The summed E-state index contributed by atoms with van der Waals surface area (Å²) in [5.41, 5.74) is 8.51. The van der Waals surface area contributed by atoms with E-state index < -0.39 is 0 Å². The number of benzene rings is 2. The Morgan fingerprint density at radius 2 is 1.89 bits per heavy atom. The van der Waals surface area contributed by atoms with Crippen molar-refractivity contribution in [3.05, 3.63) is 64.2 Å². The van der Waals surface area contributed by atoms with Gasteiger partial charge in [-0.1, -0.05) is 23.7 Å². The van der Waals surface area contributed by atoms with E-state index in [0.717, 1.165) is 11.1 Å². The number of carbonyl (C=O) groups is 1. The maximum atomic E-state index is 11.9. The first-order chi connectivity index (χ1) is 9.06. The molecule has 0 atom stereocenters. The molecule has 0 heterocycles. The average Bonchev–Trinajstić information content (AvgIpc) is 2.37. The lowest BCUT2D eigenvalue weighted by molar-refractivity contribution is 0.0472. The number of hydrogen-bond donors (Lipinski definition) is 1. The first kappa shape index (κ1) is 13.4. The lowest BCUT2D eigenvalue weighted by Crippen LogP contribution is -2.07. The van der Waals surface area contributed by atoms with E-state index in [-0.39, 0.29) is 12.6 Å². The zero-order chi connectivity index (χ0) is 13.8. The van der Waals surface area contributed by atoms with Crippen LogP contribution in [0.5, 0.6) is 0 Å². The lowest BCUT2D eigenvalue weighted by Gasteiger charge is -2.08. The van der Waals surface area contributed by atoms with E-state index in [1.165, 1.54) is 0 Å². The van der Waals surface area contributed by atoms with Gasteiger partial charge in [0.25, 0.3) is 0 Å². The number of carbonyl (C=O) groups excluding carboxylic acids is 1. The van der Waals surface area contributed by atoms with Gasteiger partial charge in [0, 0.05) is 10.7 Å². The maximum Gasteiger partial charge on any atom is 0.338 e. The molecule has 4 heteroatoms. The van der Waals surface area contributed by atoms with Crippen LogP contribution in [0.1, 0.15) is 21.5 Å². The van der Waals surface area contributed by atoms with Gasteiger partial charge in [-0.3, -0.25) is 0 Å². The first-order valence-electron chi connectivity index (χ1n) is 5.84. The number of hydrogen-bond acceptors (Lipinski definition) is 3. The number of rotatable bonds is 3. The van der Waals surface area contributed by atoms with Crippen LogP contribution in [-0.2, 0) is 11.3 Å². The van der Waals surface area contributed by atoms with Gasteiger partial charge in [-0.05, 0) is 48.4 Å². The van der Waals surface area contributed by atoms with Crippen molar-refractivity contribution in [2.75, 3.05) is 5.73 Å². The number of anilines is 1. The molecule has 2 aromatic carbocycles. The molecule has 2 N–H and O–H groups in total. The van der Waals surface area contributed by atoms with E-state index in [2.05, 4.69) is 0 Å². The monoisotopic (exact) mass is 275 g/mol. The van der Waals surface area contributed by atoms with Crippen LogP contribution in [0.4, 0.5) is 5.69 Å². The van der Waals surface area contributed by atoms with Crippen molar-refractivity contribution >= 4 is 23.3 Å². The molecule has 0 amide bonds. The van der Waals surface area contributed by atoms with E-state index in [9.17, 15) is 4.79 Å². The third-order valence-corrected chi connectivity index (χ3v) is 3.01. The van der Waals surface area contributed by atoms with Crippen LogP contribution >= 0.6 is 11.6 Å². The second-order valence-electron chi connectivity index (χ2n) is 4.28. The molecular weight excluding hydrogens is 262 g/mol. The van der Waals surface area contributed by atoms with Crippen LogP contribution in [-0.4, -0.2) is 5.97 Å². The van der Waals surface area contributed by atoms with Crippen molar-refractivity contribution in [3.63, 3.8) is 0 Å². The highest BCUT2D eigenvalue weighted by atomic mass is 35.5. The highest BCUT2D eigenvalue weighted by Crippen LogP contribution is 2.15. The molecule has 0 saturated heterocycles. The fraction of sp³-hybridized carbons (Fsp3) is 0.133. The predicted molar refractivity (Wildman–Crippen MR) is 76.2 cm³/mol. The molecule has 0 fully saturated rings. The summed E-state index contributed by atoms with van der Waals surface area (Å²) in [6, 6.07) is 12.3. The fourth-order valence-corrected chi connectivity index (χ4v) is 1.85. The highest BCUT2D eigenvalue weighted by Gasteiger charge is 2.10. The molecule has 0 radical (unpaired) electrons. The third-order valence-electron chi connectivity index (χ3n) is 2.75. The molecule has 2 aromatic rings. The Labute approximate surface area is 117 Å². The second-order valence-corrected chi connectivity index (χ2v) is 4.71. The Hall–Kier alpha value is -2.00. The quantitative estimate of drug-likeness (QED) is 0.688. The number of nitrogen functional groups attached to an aromatic ring is 1. The van der Waals surface area contributed by atoms with Crippen molar-refractivity contribution in [2.45, 2.75) is 13.5 Å². The SMILES string of the molecule is Cc1cc(N)ccc1C(=O)OCc1ccc(Cl)cc1. The van der Waals surface area contributed by atoms with Crippen LogP contribution in [0.3, 0.4) is 0 Å². The van der Waals surface area contributed by atoms with Gasteiger partial charge in [-0.2, -0.15) is 0 Å². The molecule has 2 rings (SSSR count). The summed E-state index contributed by atoms with van der Waals surface area (Å²) in [5.74, 6) is -0.354. The standard InChI is InChI=1S/C15H14ClNO2/c1-10-8-13(17)6-7-14(10)15(18)19-9-11-2-4-12(16)5-3-11/h2-8H,9,17H2,1H3. The van der Waals surface area contributed by atoms with E-state index in [4.69, 9.17) is 22.1 Å².